The van der Waals surface area contributed by atoms with Gasteiger partial charge in [0.15, 0.2) is 0 Å². The van der Waals surface area contributed by atoms with Crippen molar-refractivity contribution in [3.05, 3.63) is 71.4 Å². The molecule has 14 heteroatoms. The second kappa shape index (κ2) is 22.9. The quantitative estimate of drug-likeness (QED) is 0.140. The van der Waals surface area contributed by atoms with Crippen molar-refractivity contribution in [2.45, 2.75) is 97.6 Å². The molecule has 2 fully saturated rings. The van der Waals surface area contributed by atoms with E-state index in [0.29, 0.717) is 91.1 Å². The molecule has 1 aliphatic carbocycles. The van der Waals surface area contributed by atoms with Crippen LogP contribution in [0.2, 0.25) is 0 Å². The first kappa shape index (κ1) is 46.6. The molecule has 4 amide bonds. The van der Waals surface area contributed by atoms with Crippen LogP contribution in [0.25, 0.3) is 10.9 Å². The molecule has 0 spiro atoms. The number of aryl methyl sites for hydroxylation is 1. The molecule has 3 aromatic rings. The third kappa shape index (κ3) is 13.8. The summed E-state index contributed by atoms with van der Waals surface area (Å²) in [5.41, 5.74) is 3.16. The Kier molecular flexibility index (Phi) is 17.8. The molecule has 0 bridgehead atoms. The summed E-state index contributed by atoms with van der Waals surface area (Å²) in [5, 5.41) is 4.01. The largest absolute Gasteiger partial charge is 0.444 e. The summed E-state index contributed by atoms with van der Waals surface area (Å²) in [6.07, 6.45) is 4.21. The normalized spacial score (nSPS) is 16.1. The lowest BCUT2D eigenvalue weighted by Gasteiger charge is -2.39. The van der Waals surface area contributed by atoms with Crippen molar-refractivity contribution in [2.75, 3.05) is 79.5 Å². The number of hydrogen-bond acceptors (Lipinski definition) is 9. The van der Waals surface area contributed by atoms with E-state index >= 15 is 0 Å². The van der Waals surface area contributed by atoms with Crippen molar-refractivity contribution >= 4 is 34.7 Å². The van der Waals surface area contributed by atoms with Gasteiger partial charge in [-0.15, -0.1) is 0 Å². The van der Waals surface area contributed by atoms with Crippen LogP contribution in [0.15, 0.2) is 54.6 Å². The van der Waals surface area contributed by atoms with Gasteiger partial charge in [-0.05, 0) is 83.2 Å². The van der Waals surface area contributed by atoms with E-state index < -0.39 is 29.7 Å². The van der Waals surface area contributed by atoms with E-state index in [4.69, 9.17) is 23.7 Å². The molecule has 330 valence electrons. The maximum atomic E-state index is 14.1. The summed E-state index contributed by atoms with van der Waals surface area (Å²) in [6.45, 7) is 15.4. The van der Waals surface area contributed by atoms with Crippen LogP contribution in [-0.2, 0) is 46.4 Å². The van der Waals surface area contributed by atoms with Crippen LogP contribution in [0, 0.1) is 12.8 Å². The van der Waals surface area contributed by atoms with E-state index in [2.05, 4.69) is 22.9 Å². The highest BCUT2D eigenvalue weighted by Gasteiger charge is 2.37. The van der Waals surface area contributed by atoms with Crippen molar-refractivity contribution in [3.63, 3.8) is 0 Å². The van der Waals surface area contributed by atoms with Gasteiger partial charge in [-0.25, -0.2) is 4.79 Å². The molecule has 1 N–H and O–H groups in total. The number of carbonyl (C=O) groups is 4. The smallest absolute Gasteiger partial charge is 0.410 e. The highest BCUT2D eigenvalue weighted by Crippen LogP contribution is 2.28. The molecule has 0 radical (unpaired) electrons. The zero-order valence-corrected chi connectivity index (χ0v) is 36.6. The fourth-order valence-electron chi connectivity index (χ4n) is 7.72. The zero-order chi connectivity index (χ0) is 43.1. The van der Waals surface area contributed by atoms with Crippen LogP contribution in [0.5, 0.6) is 0 Å². The Morgan fingerprint density at radius 3 is 2.02 bits per heavy atom. The Labute approximate surface area is 355 Å². The molecule has 2 aliphatic rings. The van der Waals surface area contributed by atoms with Crippen LogP contribution in [0.4, 0.5) is 4.79 Å². The number of fused-ring (bicyclic) bond motifs is 1. The number of aromatic nitrogens is 1. The summed E-state index contributed by atoms with van der Waals surface area (Å²) in [7, 11) is 1.53. The van der Waals surface area contributed by atoms with Gasteiger partial charge in [-0.1, -0.05) is 49.6 Å². The van der Waals surface area contributed by atoms with Gasteiger partial charge in [0.25, 0.3) is 5.91 Å². The molecule has 1 saturated carbocycles. The van der Waals surface area contributed by atoms with Crippen LogP contribution in [0.3, 0.4) is 0 Å². The van der Waals surface area contributed by atoms with Gasteiger partial charge in [-0.3, -0.25) is 19.3 Å². The Balaban J connectivity index is 1.03. The Hall–Kier alpha value is -4.50. The number of benzene rings is 2. The van der Waals surface area contributed by atoms with Crippen molar-refractivity contribution < 1.29 is 42.9 Å². The minimum absolute atomic E-state index is 0.00917. The van der Waals surface area contributed by atoms with Crippen molar-refractivity contribution in [1.29, 1.82) is 0 Å². The van der Waals surface area contributed by atoms with Crippen LogP contribution < -0.4 is 5.32 Å². The fraction of sp³-hybridized carbons (Fsp3) is 0.609. The molecule has 60 heavy (non-hydrogen) atoms. The van der Waals surface area contributed by atoms with Gasteiger partial charge < -0.3 is 43.4 Å². The lowest BCUT2D eigenvalue weighted by Crippen LogP contribution is -2.59. The predicted octanol–water partition coefficient (Wildman–Crippen LogP) is 5.82. The van der Waals surface area contributed by atoms with E-state index in [0.717, 1.165) is 54.3 Å². The molecular weight excluding hydrogens is 767 g/mol. The van der Waals surface area contributed by atoms with Crippen molar-refractivity contribution in [2.24, 2.45) is 5.92 Å². The van der Waals surface area contributed by atoms with Gasteiger partial charge in [0.2, 0.25) is 11.8 Å². The lowest BCUT2D eigenvalue weighted by molar-refractivity contribution is -0.140. The van der Waals surface area contributed by atoms with Gasteiger partial charge in [0.1, 0.15) is 17.7 Å². The number of rotatable bonds is 20. The van der Waals surface area contributed by atoms with Gasteiger partial charge in [0.05, 0.1) is 52.9 Å². The summed E-state index contributed by atoms with van der Waals surface area (Å²) in [5.74, 6) is -0.593. The highest BCUT2D eigenvalue weighted by atomic mass is 16.6. The summed E-state index contributed by atoms with van der Waals surface area (Å²) in [6, 6.07) is 16.4. The summed E-state index contributed by atoms with van der Waals surface area (Å²) < 4.78 is 30.4. The van der Waals surface area contributed by atoms with Gasteiger partial charge in [-0.2, -0.15) is 0 Å². The maximum absolute atomic E-state index is 14.1. The molecule has 5 rings (SSSR count). The molecule has 1 saturated heterocycles. The van der Waals surface area contributed by atoms with E-state index in [1.165, 1.54) is 11.9 Å². The fourth-order valence-corrected chi connectivity index (χ4v) is 7.72. The molecule has 2 aromatic carbocycles. The number of nitrogens with one attached hydrogen (secondary N) is 1. The first-order valence-corrected chi connectivity index (χ1v) is 21.6. The van der Waals surface area contributed by atoms with Gasteiger partial charge in [0, 0.05) is 61.9 Å². The number of ether oxygens (including phenoxy) is 5. The lowest BCUT2D eigenvalue weighted by atomic mass is 9.83. The second-order valence-electron chi connectivity index (χ2n) is 16.9. The Morgan fingerprint density at radius 1 is 0.783 bits per heavy atom. The maximum Gasteiger partial charge on any atom is 0.410 e. The standard InChI is InChI=1S/C46H67N5O9/c1-34-31-39-32-38(17-18-40(39)51(34)23-24-56-25-26-57-27-28-58-29-30-59-33-36-13-9-7-10-14-36)43(53)49-19-21-50(22-20-49)44(54)41(37-15-11-8-12-16-37)47-42(52)35(2)48(6)45(55)60-46(3,4)5/h7,9-10,13-14,17-18,31-32,35,37,41H,8,11-12,15-16,19-30,33H2,1-6H3,(H,47,52). The highest BCUT2D eigenvalue weighted by molar-refractivity contribution is 5.98. The van der Waals surface area contributed by atoms with Gasteiger partial charge >= 0.3 is 6.09 Å². The summed E-state index contributed by atoms with van der Waals surface area (Å²) >= 11 is 0. The molecule has 14 nitrogen and oxygen atoms in total. The Morgan fingerprint density at radius 2 is 1.38 bits per heavy atom. The van der Waals surface area contributed by atoms with E-state index in [-0.39, 0.29) is 17.7 Å². The number of amides is 4. The molecule has 2 atom stereocenters. The third-order valence-electron chi connectivity index (χ3n) is 11.2. The number of piperazine rings is 1. The second-order valence-corrected chi connectivity index (χ2v) is 16.9. The van der Waals surface area contributed by atoms with E-state index in [9.17, 15) is 19.2 Å². The molecule has 2 unspecified atom stereocenters. The number of likely N-dealkylation sites (N-methyl/N-ethyl adjacent to an activating group) is 1. The average Bonchev–Trinajstić information content (AvgIpc) is 3.56. The summed E-state index contributed by atoms with van der Waals surface area (Å²) in [4.78, 5) is 58.8. The van der Waals surface area contributed by atoms with Crippen LogP contribution >= 0.6 is 0 Å². The molecular formula is C46H67N5O9. The zero-order valence-electron chi connectivity index (χ0n) is 36.6. The van der Waals surface area contributed by atoms with Crippen molar-refractivity contribution in [3.8, 4) is 0 Å². The average molecular weight is 834 g/mol. The molecule has 1 aliphatic heterocycles. The molecule has 1 aromatic heterocycles. The predicted molar refractivity (Wildman–Crippen MR) is 230 cm³/mol. The topological polar surface area (TPSA) is 141 Å². The van der Waals surface area contributed by atoms with Crippen LogP contribution in [-0.4, -0.2) is 140 Å². The number of carbonyl (C=O) groups excluding carboxylic acids is 4. The monoisotopic (exact) mass is 833 g/mol. The van der Waals surface area contributed by atoms with E-state index in [1.807, 2.05) is 48.5 Å². The number of hydrogen-bond donors (Lipinski definition) is 1. The first-order chi connectivity index (χ1) is 28.8. The minimum Gasteiger partial charge on any atom is -0.444 e. The Bertz CT molecular complexity index is 1830. The first-order valence-electron chi connectivity index (χ1n) is 21.6. The van der Waals surface area contributed by atoms with Crippen molar-refractivity contribution in [1.82, 2.24) is 24.6 Å². The number of nitrogens with zero attached hydrogens (tertiary/aromatic N) is 4. The van der Waals surface area contributed by atoms with Crippen LogP contribution in [0.1, 0.15) is 81.4 Å². The van der Waals surface area contributed by atoms with E-state index in [1.54, 1.807) is 37.5 Å². The third-order valence-corrected chi connectivity index (χ3v) is 11.2. The minimum atomic E-state index is -0.830. The molecule has 2 heterocycles. The SMILES string of the molecule is Cc1cc2cc(C(=O)N3CCN(C(=O)C(NC(=O)C(C)N(C)C(=O)OC(C)(C)C)C4CCCCC4)CC3)ccc2n1CCOCCOCCOCCOCc1ccccc1.